The van der Waals surface area contributed by atoms with E-state index in [9.17, 15) is 0 Å². The van der Waals surface area contributed by atoms with Crippen molar-refractivity contribution >= 4 is 29.2 Å². The molecule has 0 bridgehead atoms. The molecular formula is C12H10BBrO2. The number of hydrogen-bond donors (Lipinski definition) is 0. The molecule has 2 N–H and O–H groups in total. The molecular weight excluding hydrogens is 267 g/mol. The molecule has 0 aliphatic heterocycles. The standard InChI is InChI=1S/C12H8BBr.2H2O/c13-11-5-1-9(2-6-11)10-3-7-12(14)8-4-10;;/h1-8H;2*1H2/q+2;;/p-2. The maximum absolute atomic E-state index is 5.62. The van der Waals surface area contributed by atoms with Crippen molar-refractivity contribution in [1.82, 2.24) is 0 Å². The van der Waals surface area contributed by atoms with E-state index >= 15 is 0 Å². The van der Waals surface area contributed by atoms with Crippen molar-refractivity contribution in [3.05, 3.63) is 53.0 Å². The second-order valence-electron chi connectivity index (χ2n) is 3.13. The Kier molecular flexibility index (Phi) is 6.04. The summed E-state index contributed by atoms with van der Waals surface area (Å²) in [5.74, 6) is 0. The first kappa shape index (κ1) is 14.9. The van der Waals surface area contributed by atoms with Gasteiger partial charge < -0.3 is 11.0 Å². The quantitative estimate of drug-likeness (QED) is 0.752. The molecule has 0 aliphatic carbocycles. The second-order valence-corrected chi connectivity index (χ2v) is 4.04. The average Bonchev–Trinajstić information content (AvgIpc) is 2.21. The van der Waals surface area contributed by atoms with Crippen molar-refractivity contribution in [3.63, 3.8) is 0 Å². The smallest absolute Gasteiger partial charge is 0.870 e. The fourth-order valence-electron chi connectivity index (χ4n) is 1.32. The Balaban J connectivity index is 0.00000112. The van der Waals surface area contributed by atoms with Crippen LogP contribution in [0.2, 0.25) is 0 Å². The zero-order chi connectivity index (χ0) is 9.97. The molecule has 0 aromatic heterocycles. The van der Waals surface area contributed by atoms with Crippen molar-refractivity contribution < 1.29 is 11.0 Å². The Morgan fingerprint density at radius 1 is 0.688 bits per heavy atom. The van der Waals surface area contributed by atoms with Gasteiger partial charge in [0.2, 0.25) is 0 Å². The molecule has 0 saturated heterocycles. The van der Waals surface area contributed by atoms with Crippen LogP contribution >= 0.6 is 15.9 Å². The van der Waals surface area contributed by atoms with Gasteiger partial charge in [0.05, 0.1) is 0 Å². The van der Waals surface area contributed by atoms with Crippen LogP contribution in [0, 0.1) is 0 Å². The van der Waals surface area contributed by atoms with Gasteiger partial charge in [-0.05, 0) is 0 Å². The Morgan fingerprint density at radius 2 is 1.06 bits per heavy atom. The van der Waals surface area contributed by atoms with Gasteiger partial charge in [-0.15, -0.1) is 0 Å². The first-order chi connectivity index (χ1) is 6.75. The molecule has 0 unspecified atom stereocenters. The van der Waals surface area contributed by atoms with Gasteiger partial charge >= 0.3 is 93.4 Å². The van der Waals surface area contributed by atoms with Crippen molar-refractivity contribution in [3.8, 4) is 11.1 Å². The molecule has 0 atom stereocenters. The maximum atomic E-state index is 5.62. The summed E-state index contributed by atoms with van der Waals surface area (Å²) in [4.78, 5) is 0. The molecule has 0 amide bonds. The van der Waals surface area contributed by atoms with Crippen molar-refractivity contribution in [1.29, 1.82) is 0 Å². The van der Waals surface area contributed by atoms with E-state index in [0.29, 0.717) is 0 Å². The minimum atomic E-state index is 0. The minimum Gasteiger partial charge on any atom is -0.870 e. The van der Waals surface area contributed by atoms with Crippen molar-refractivity contribution in [2.45, 2.75) is 0 Å². The summed E-state index contributed by atoms with van der Waals surface area (Å²) in [6.07, 6.45) is 0. The van der Waals surface area contributed by atoms with E-state index in [1.54, 1.807) is 0 Å². The number of halogens is 1. The number of rotatable bonds is 1. The third-order valence-corrected chi connectivity index (χ3v) is 2.62. The second kappa shape index (κ2) is 6.48. The van der Waals surface area contributed by atoms with Crippen LogP contribution in [0.15, 0.2) is 53.0 Å². The summed E-state index contributed by atoms with van der Waals surface area (Å²) in [7, 11) is 5.62. The van der Waals surface area contributed by atoms with Gasteiger partial charge in [-0.25, -0.2) is 0 Å². The summed E-state index contributed by atoms with van der Waals surface area (Å²) in [5, 5.41) is 0. The Morgan fingerprint density at radius 3 is 1.50 bits per heavy atom. The SMILES string of the molecule is [B+2]c1ccc(-c2ccc(Br)cc2)cc1.[OH-].[OH-]. The Hall–Kier alpha value is -1.10. The summed E-state index contributed by atoms with van der Waals surface area (Å²) < 4.78 is 1.09. The third kappa shape index (κ3) is 3.49. The van der Waals surface area contributed by atoms with Crippen LogP contribution in [-0.2, 0) is 0 Å². The molecule has 0 aliphatic rings. The normalized spacial score (nSPS) is 8.94. The van der Waals surface area contributed by atoms with Crippen molar-refractivity contribution in [2.24, 2.45) is 0 Å². The van der Waals surface area contributed by atoms with E-state index in [1.165, 1.54) is 11.1 Å². The van der Waals surface area contributed by atoms with Gasteiger partial charge in [0.1, 0.15) is 0 Å². The van der Waals surface area contributed by atoms with Crippen LogP contribution < -0.4 is 5.46 Å². The minimum absolute atomic E-state index is 0. The molecule has 0 radical (unpaired) electrons. The summed E-state index contributed by atoms with van der Waals surface area (Å²) in [6, 6.07) is 16.1. The van der Waals surface area contributed by atoms with Gasteiger partial charge in [0.15, 0.2) is 0 Å². The largest absolute Gasteiger partial charge is 0.870 e. The Bertz CT molecular complexity index is 382. The van der Waals surface area contributed by atoms with E-state index in [-0.39, 0.29) is 11.0 Å². The van der Waals surface area contributed by atoms with Crippen LogP contribution in [0.3, 0.4) is 0 Å². The average molecular weight is 277 g/mol. The first-order valence-electron chi connectivity index (χ1n) is 4.37. The molecule has 4 heteroatoms. The molecule has 80 valence electrons. The van der Waals surface area contributed by atoms with E-state index in [0.717, 1.165) is 9.94 Å². The molecule has 0 fully saturated rings. The van der Waals surface area contributed by atoms with Crippen LogP contribution in [0.5, 0.6) is 0 Å². The van der Waals surface area contributed by atoms with Gasteiger partial charge in [-0.2, -0.15) is 0 Å². The fraction of sp³-hybridized carbons (Fsp3) is 0. The molecule has 2 nitrogen and oxygen atoms in total. The number of hydrogen-bond acceptors (Lipinski definition) is 2. The van der Waals surface area contributed by atoms with Gasteiger partial charge in [-0.1, -0.05) is 0 Å². The van der Waals surface area contributed by atoms with E-state index < -0.39 is 0 Å². The van der Waals surface area contributed by atoms with E-state index in [4.69, 9.17) is 7.85 Å². The monoisotopic (exact) mass is 276 g/mol. The topological polar surface area (TPSA) is 60.0 Å². The predicted octanol–water partition coefficient (Wildman–Crippen LogP) is 2.56. The summed E-state index contributed by atoms with van der Waals surface area (Å²) >= 11 is 3.41. The van der Waals surface area contributed by atoms with Gasteiger partial charge in [0, 0.05) is 0 Å². The molecule has 0 spiro atoms. The zero-order valence-corrected chi connectivity index (χ0v) is 10.1. The maximum Gasteiger partial charge on any atom is -0.870 e. The van der Waals surface area contributed by atoms with Crippen LogP contribution in [0.25, 0.3) is 11.1 Å². The molecule has 16 heavy (non-hydrogen) atoms. The first-order valence-corrected chi connectivity index (χ1v) is 5.16. The van der Waals surface area contributed by atoms with Gasteiger partial charge in [-0.3, -0.25) is 0 Å². The molecule has 0 saturated carbocycles. The van der Waals surface area contributed by atoms with Crippen molar-refractivity contribution in [2.75, 3.05) is 0 Å². The summed E-state index contributed by atoms with van der Waals surface area (Å²) in [5.41, 5.74) is 3.19. The van der Waals surface area contributed by atoms with Gasteiger partial charge in [0.25, 0.3) is 0 Å². The van der Waals surface area contributed by atoms with Crippen LogP contribution in [-0.4, -0.2) is 18.8 Å². The molecule has 0 heterocycles. The predicted molar refractivity (Wildman–Crippen MR) is 68.8 cm³/mol. The van der Waals surface area contributed by atoms with Crippen LogP contribution in [0.4, 0.5) is 0 Å². The molecule has 2 rings (SSSR count). The number of benzene rings is 2. The fourth-order valence-corrected chi connectivity index (χ4v) is 1.58. The molecule has 2 aromatic rings. The summed E-state index contributed by atoms with van der Waals surface area (Å²) in [6.45, 7) is 0. The zero-order valence-electron chi connectivity index (χ0n) is 8.47. The Labute approximate surface area is 104 Å². The molecule has 2 aromatic carbocycles. The van der Waals surface area contributed by atoms with E-state index in [2.05, 4.69) is 28.1 Å². The van der Waals surface area contributed by atoms with Crippen LogP contribution in [0.1, 0.15) is 0 Å². The third-order valence-electron chi connectivity index (χ3n) is 2.09. The van der Waals surface area contributed by atoms with E-state index in [1.807, 2.05) is 36.4 Å².